The van der Waals surface area contributed by atoms with E-state index in [4.69, 9.17) is 3.79 Å². The first kappa shape index (κ1) is 14.8. The van der Waals surface area contributed by atoms with Crippen molar-refractivity contribution in [3.63, 3.8) is 0 Å². The Morgan fingerprint density at radius 3 is 1.33 bits per heavy atom. The Bertz CT molecular complexity index is 51.6. The Hall–Kier alpha value is 3.27. The third-order valence-corrected chi connectivity index (χ3v) is 1.41. The van der Waals surface area contributed by atoms with Crippen LogP contribution in [0.1, 0.15) is 0 Å². The monoisotopic (exact) mass is 520 g/mol. The molecule has 0 unspecified atom stereocenters. The second-order valence-electron chi connectivity index (χ2n) is 1.48. The van der Waals surface area contributed by atoms with E-state index in [1.807, 2.05) is 0 Å². The fraction of sp³-hybridized carbons (Fsp3) is 1.00. The van der Waals surface area contributed by atoms with Crippen LogP contribution in [0.4, 0.5) is 0 Å². The molecule has 0 aliphatic heterocycles. The molecule has 0 amide bonds. The predicted molar refractivity (Wildman–Crippen MR) is 66.6 cm³/mol. The van der Waals surface area contributed by atoms with Gasteiger partial charge in [-0.2, -0.15) is 0 Å². The first-order valence-electron chi connectivity index (χ1n) is 2.31. The maximum atomic E-state index is 4.89. The molecule has 0 fully saturated rings. The van der Waals surface area contributed by atoms with Gasteiger partial charge >= 0.3 is 79.3 Å². The summed E-state index contributed by atoms with van der Waals surface area (Å²) in [6.07, 6.45) is 0. The first-order chi connectivity index (χ1) is 4.00. The van der Waals surface area contributed by atoms with Crippen molar-refractivity contribution >= 4 is 74.4 Å². The van der Waals surface area contributed by atoms with Crippen LogP contribution in [0.2, 0.25) is 11.6 Å². The van der Waals surface area contributed by atoms with Crippen LogP contribution < -0.4 is 0 Å². The van der Waals surface area contributed by atoms with Gasteiger partial charge in [-0.05, 0) is 0 Å². The molecule has 0 rings (SSSR count). The molecule has 9 heavy (non-hydrogen) atoms. The van der Waals surface area contributed by atoms with E-state index in [1.165, 1.54) is 0 Å². The van der Waals surface area contributed by atoms with Crippen molar-refractivity contribution in [3.8, 4) is 0 Å². The van der Waals surface area contributed by atoms with Crippen molar-refractivity contribution in [1.82, 2.24) is 0 Å². The molecule has 0 N–H and O–H groups in total. The topological polar surface area (TPSA) is 9.23 Å². The van der Waals surface area contributed by atoms with Gasteiger partial charge in [-0.3, -0.25) is 0 Å². The van der Waals surface area contributed by atoms with Gasteiger partial charge in [-0.1, -0.05) is 11.6 Å². The van der Waals surface area contributed by atoms with E-state index < -0.39 is 14.5 Å². The average molecular weight is 520 g/mol. The number of hydrogen-bond acceptors (Lipinski definition) is 1. The van der Waals surface area contributed by atoms with Crippen molar-refractivity contribution in [3.05, 3.63) is 0 Å². The maximum absolute atomic E-state index is 4.89. The molecule has 0 aliphatic rings. The second kappa shape index (κ2) is 11.3. The number of rotatable bonds is 1. The summed E-state index contributed by atoms with van der Waals surface area (Å²) in [7, 11) is 1.76. The quantitative estimate of drug-likeness (QED) is 0.381. The molecule has 0 saturated heterocycles. The van der Waals surface area contributed by atoms with Crippen LogP contribution in [0, 0.1) is 0 Å². The molecule has 0 aromatic rings. The van der Waals surface area contributed by atoms with Crippen LogP contribution in [0.15, 0.2) is 0 Å². The van der Waals surface area contributed by atoms with Crippen molar-refractivity contribution < 1.29 is 8.71 Å². The third kappa shape index (κ3) is 34.9. The van der Waals surface area contributed by atoms with Gasteiger partial charge in [0.2, 0.25) is 0 Å². The number of halogens is 3. The Morgan fingerprint density at radius 2 is 1.33 bits per heavy atom. The van der Waals surface area contributed by atoms with Gasteiger partial charge in [0.05, 0.1) is 0 Å². The third-order valence-electron chi connectivity index (χ3n) is 0.471. The van der Waals surface area contributed by atoms with Crippen molar-refractivity contribution in [2.75, 3.05) is 7.11 Å². The molecule has 0 spiro atoms. The zero-order chi connectivity index (χ0) is 7.86. The SMILES string of the molecule is C[O][Al]([CH3])[CH3].[I][V]([I])[I]. The molecule has 0 saturated carbocycles. The fourth-order valence-corrected chi connectivity index (χ4v) is 0. The minimum atomic E-state index is -0.650. The summed E-state index contributed by atoms with van der Waals surface area (Å²) < 4.78 is 4.89. The molecule has 0 aromatic carbocycles. The van der Waals surface area contributed by atoms with Gasteiger partial charge in [-0.25, -0.2) is 0 Å². The molecular formula is C3H9AlI3OV. The summed E-state index contributed by atoms with van der Waals surface area (Å²) in [5.74, 6) is 4.28. The normalized spacial score (nSPS) is 8.33. The van der Waals surface area contributed by atoms with Gasteiger partial charge < -0.3 is 3.79 Å². The molecule has 6 heteroatoms. The minimum absolute atomic E-state index is 0.278. The van der Waals surface area contributed by atoms with Crippen molar-refractivity contribution in [2.24, 2.45) is 0 Å². The van der Waals surface area contributed by atoms with Gasteiger partial charge in [-0.15, -0.1) is 0 Å². The zero-order valence-corrected chi connectivity index (χ0v) is 14.6. The van der Waals surface area contributed by atoms with E-state index >= 15 is 0 Å². The van der Waals surface area contributed by atoms with E-state index in [0.717, 1.165) is 0 Å². The van der Waals surface area contributed by atoms with Crippen LogP contribution in [0.3, 0.4) is 0 Å². The molecule has 0 aromatic heterocycles. The van der Waals surface area contributed by atoms with Gasteiger partial charge in [0.1, 0.15) is 0 Å². The molecule has 56 valence electrons. The van der Waals surface area contributed by atoms with Crippen LogP contribution in [0.25, 0.3) is 0 Å². The summed E-state index contributed by atoms with van der Waals surface area (Å²) in [5.41, 5.74) is 0. The standard InChI is InChI=1S/CH3O.2CH3.Al.3HI.V/c1-2;;;;;;;/h1H3;2*1H3;;3*1H;/q-1;;;+1;;;;+3/p-3. The van der Waals surface area contributed by atoms with Crippen LogP contribution in [0.5, 0.6) is 0 Å². The summed E-state index contributed by atoms with van der Waals surface area (Å²) >= 11 is 6.74. The van der Waals surface area contributed by atoms with E-state index in [2.05, 4.69) is 71.5 Å². The van der Waals surface area contributed by atoms with Gasteiger partial charge in [0, 0.05) is 7.11 Å². The fourth-order valence-electron chi connectivity index (χ4n) is 0. The predicted octanol–water partition coefficient (Wildman–Crippen LogP) is 3.54. The summed E-state index contributed by atoms with van der Waals surface area (Å²) in [4.78, 5) is -0.278. The molecule has 0 aliphatic carbocycles. The Balaban J connectivity index is 0. The van der Waals surface area contributed by atoms with E-state index in [-0.39, 0.29) is 4.92 Å². The average Bonchev–Trinajstić information content (AvgIpc) is 1.65. The molecule has 0 radical (unpaired) electrons. The molecule has 0 atom stereocenters. The summed E-state index contributed by atoms with van der Waals surface area (Å²) in [6, 6.07) is 0. The van der Waals surface area contributed by atoms with E-state index in [0.29, 0.717) is 0 Å². The van der Waals surface area contributed by atoms with Crippen LogP contribution in [-0.2, 0) is 8.71 Å². The first-order valence-corrected chi connectivity index (χ1v) is 18.6. The zero-order valence-electron chi connectivity index (χ0n) is 5.57. The van der Waals surface area contributed by atoms with Crippen molar-refractivity contribution in [2.45, 2.75) is 11.6 Å². The Kier molecular flexibility index (Phi) is 18.5. The summed E-state index contributed by atoms with van der Waals surface area (Å²) in [6.45, 7) is 0. The summed E-state index contributed by atoms with van der Waals surface area (Å²) in [5, 5.41) is 0. The van der Waals surface area contributed by atoms with Gasteiger partial charge in [0.25, 0.3) is 0 Å². The van der Waals surface area contributed by atoms with Gasteiger partial charge in [0.15, 0.2) is 0 Å². The number of hydrogen-bond donors (Lipinski definition) is 0. The van der Waals surface area contributed by atoms with Crippen LogP contribution >= 0.6 is 59.9 Å². The van der Waals surface area contributed by atoms with Crippen molar-refractivity contribution in [1.29, 1.82) is 0 Å². The van der Waals surface area contributed by atoms with E-state index in [9.17, 15) is 0 Å². The second-order valence-corrected chi connectivity index (χ2v) is 39.4. The molecule has 0 heterocycles. The molecule has 0 bridgehead atoms. The van der Waals surface area contributed by atoms with Crippen LogP contribution in [-0.4, -0.2) is 21.6 Å². The molecule has 1 nitrogen and oxygen atoms in total. The Labute approximate surface area is 99.5 Å². The Morgan fingerprint density at radius 1 is 1.22 bits per heavy atom. The van der Waals surface area contributed by atoms with E-state index in [1.54, 1.807) is 7.11 Å². The molecular weight excluding hydrogens is 511 g/mol.